The quantitative estimate of drug-likeness (QED) is 0.802. The van der Waals surface area contributed by atoms with Crippen LogP contribution in [0.15, 0.2) is 18.3 Å². The van der Waals surface area contributed by atoms with Crippen LogP contribution >= 0.6 is 0 Å². The van der Waals surface area contributed by atoms with E-state index in [0.717, 1.165) is 29.1 Å². The predicted molar refractivity (Wildman–Crippen MR) is 94.0 cm³/mol. The third-order valence-electron chi connectivity index (χ3n) is 4.51. The van der Waals surface area contributed by atoms with Gasteiger partial charge in [0, 0.05) is 19.3 Å². The molecule has 126 valence electrons. The SMILES string of the molecule is CCn1ncc(C(=O)N(C)Cc2nc3cc(C)c(C)cc3[nH]2)c1C. The summed E-state index contributed by atoms with van der Waals surface area (Å²) in [7, 11) is 1.79. The van der Waals surface area contributed by atoms with E-state index in [1.807, 2.05) is 18.5 Å². The summed E-state index contributed by atoms with van der Waals surface area (Å²) in [6.07, 6.45) is 1.64. The van der Waals surface area contributed by atoms with Gasteiger partial charge in [0.15, 0.2) is 0 Å². The van der Waals surface area contributed by atoms with Crippen molar-refractivity contribution in [2.45, 2.75) is 40.8 Å². The number of imidazole rings is 1. The molecule has 0 aliphatic carbocycles. The smallest absolute Gasteiger partial charge is 0.257 e. The fourth-order valence-corrected chi connectivity index (χ4v) is 2.87. The molecule has 2 aromatic heterocycles. The van der Waals surface area contributed by atoms with Gasteiger partial charge >= 0.3 is 0 Å². The molecule has 0 aliphatic heterocycles. The number of nitrogens with zero attached hydrogens (tertiary/aromatic N) is 4. The lowest BCUT2D eigenvalue weighted by Gasteiger charge is -2.15. The largest absolute Gasteiger partial charge is 0.340 e. The molecule has 6 nitrogen and oxygen atoms in total. The van der Waals surface area contributed by atoms with Gasteiger partial charge in [0.05, 0.1) is 29.3 Å². The third-order valence-corrected chi connectivity index (χ3v) is 4.51. The van der Waals surface area contributed by atoms with Crippen LogP contribution in [0.1, 0.15) is 39.9 Å². The summed E-state index contributed by atoms with van der Waals surface area (Å²) in [6.45, 7) is 9.28. The maximum absolute atomic E-state index is 12.7. The van der Waals surface area contributed by atoms with Crippen LogP contribution in [-0.2, 0) is 13.1 Å². The standard InChI is InChI=1S/C18H23N5O/c1-6-23-13(4)14(9-19-23)18(24)22(5)10-17-20-15-7-11(2)12(3)8-16(15)21-17/h7-9H,6,10H2,1-5H3,(H,20,21). The zero-order chi connectivity index (χ0) is 17.4. The fourth-order valence-electron chi connectivity index (χ4n) is 2.87. The molecule has 0 spiro atoms. The average Bonchev–Trinajstić information content (AvgIpc) is 3.09. The molecular formula is C18H23N5O. The molecule has 0 fully saturated rings. The van der Waals surface area contributed by atoms with E-state index in [0.29, 0.717) is 12.1 Å². The summed E-state index contributed by atoms with van der Waals surface area (Å²) in [5, 5.41) is 4.24. The predicted octanol–water partition coefficient (Wildman–Crippen LogP) is 2.98. The number of fused-ring (bicyclic) bond motifs is 1. The normalized spacial score (nSPS) is 11.2. The molecule has 0 radical (unpaired) electrons. The number of benzene rings is 1. The molecule has 1 N–H and O–H groups in total. The van der Waals surface area contributed by atoms with Gasteiger partial charge in [-0.3, -0.25) is 9.48 Å². The molecule has 0 bridgehead atoms. The summed E-state index contributed by atoms with van der Waals surface area (Å²) in [6, 6.07) is 4.17. The topological polar surface area (TPSA) is 66.8 Å². The van der Waals surface area contributed by atoms with Crippen molar-refractivity contribution in [2.75, 3.05) is 7.05 Å². The van der Waals surface area contributed by atoms with Gasteiger partial charge in [0.1, 0.15) is 5.82 Å². The van der Waals surface area contributed by atoms with Crippen LogP contribution in [0.4, 0.5) is 0 Å². The summed E-state index contributed by atoms with van der Waals surface area (Å²) < 4.78 is 1.83. The Hall–Kier alpha value is -2.63. The molecule has 0 atom stereocenters. The van der Waals surface area contributed by atoms with Gasteiger partial charge in [-0.15, -0.1) is 0 Å². The van der Waals surface area contributed by atoms with Gasteiger partial charge in [-0.1, -0.05) is 0 Å². The van der Waals surface area contributed by atoms with Crippen LogP contribution in [0.25, 0.3) is 11.0 Å². The minimum Gasteiger partial charge on any atom is -0.340 e. The van der Waals surface area contributed by atoms with Gasteiger partial charge in [0.25, 0.3) is 5.91 Å². The number of carbonyl (C=O) groups excluding carboxylic acids is 1. The minimum atomic E-state index is -0.0417. The van der Waals surface area contributed by atoms with Gasteiger partial charge in [-0.2, -0.15) is 5.10 Å². The maximum Gasteiger partial charge on any atom is 0.257 e. The number of hydrogen-bond donors (Lipinski definition) is 1. The lowest BCUT2D eigenvalue weighted by molar-refractivity contribution is 0.0781. The number of rotatable bonds is 4. The lowest BCUT2D eigenvalue weighted by atomic mass is 10.1. The van der Waals surface area contributed by atoms with Gasteiger partial charge in [0.2, 0.25) is 0 Å². The Morgan fingerprint density at radius 1 is 1.25 bits per heavy atom. The van der Waals surface area contributed by atoms with E-state index >= 15 is 0 Å². The molecule has 3 aromatic rings. The molecule has 1 amide bonds. The van der Waals surface area contributed by atoms with E-state index in [1.165, 1.54) is 11.1 Å². The number of H-pyrrole nitrogens is 1. The average molecular weight is 325 g/mol. The second-order valence-electron chi connectivity index (χ2n) is 6.26. The number of hydrogen-bond acceptors (Lipinski definition) is 3. The lowest BCUT2D eigenvalue weighted by Crippen LogP contribution is -2.27. The van der Waals surface area contributed by atoms with E-state index < -0.39 is 0 Å². The highest BCUT2D eigenvalue weighted by Gasteiger charge is 2.19. The number of amides is 1. The van der Waals surface area contributed by atoms with E-state index in [-0.39, 0.29) is 5.91 Å². The Balaban J connectivity index is 1.82. The highest BCUT2D eigenvalue weighted by molar-refractivity contribution is 5.94. The Morgan fingerprint density at radius 2 is 1.96 bits per heavy atom. The van der Waals surface area contributed by atoms with Crippen molar-refractivity contribution in [3.8, 4) is 0 Å². The molecule has 0 saturated heterocycles. The van der Waals surface area contributed by atoms with E-state index in [2.05, 4.69) is 41.0 Å². The Morgan fingerprint density at radius 3 is 2.62 bits per heavy atom. The summed E-state index contributed by atoms with van der Waals surface area (Å²) in [4.78, 5) is 22.2. The first kappa shape index (κ1) is 16.2. The minimum absolute atomic E-state index is 0.0417. The third kappa shape index (κ3) is 2.79. The van der Waals surface area contributed by atoms with Crippen molar-refractivity contribution in [2.24, 2.45) is 0 Å². The highest BCUT2D eigenvalue weighted by atomic mass is 16.2. The molecule has 0 aliphatic rings. The first-order valence-corrected chi connectivity index (χ1v) is 8.14. The molecule has 0 unspecified atom stereocenters. The van der Waals surface area contributed by atoms with Crippen molar-refractivity contribution < 1.29 is 4.79 Å². The molecule has 6 heteroatoms. The number of nitrogens with one attached hydrogen (secondary N) is 1. The number of aromatic amines is 1. The van der Waals surface area contributed by atoms with Crippen molar-refractivity contribution in [1.82, 2.24) is 24.6 Å². The van der Waals surface area contributed by atoms with Gasteiger partial charge < -0.3 is 9.88 Å². The monoisotopic (exact) mass is 325 g/mol. The highest BCUT2D eigenvalue weighted by Crippen LogP contribution is 2.18. The second kappa shape index (κ2) is 6.11. The van der Waals surface area contributed by atoms with Crippen LogP contribution < -0.4 is 0 Å². The van der Waals surface area contributed by atoms with Crippen molar-refractivity contribution in [3.63, 3.8) is 0 Å². The molecule has 3 rings (SSSR count). The van der Waals surface area contributed by atoms with Crippen LogP contribution in [-0.4, -0.2) is 37.6 Å². The van der Waals surface area contributed by atoms with Crippen molar-refractivity contribution >= 4 is 16.9 Å². The first-order valence-electron chi connectivity index (χ1n) is 8.14. The summed E-state index contributed by atoms with van der Waals surface area (Å²) >= 11 is 0. The van der Waals surface area contributed by atoms with Gasteiger partial charge in [-0.05, 0) is 51.0 Å². The maximum atomic E-state index is 12.7. The van der Waals surface area contributed by atoms with Crippen LogP contribution in [0, 0.1) is 20.8 Å². The number of aromatic nitrogens is 4. The zero-order valence-electron chi connectivity index (χ0n) is 14.8. The van der Waals surface area contributed by atoms with Gasteiger partial charge in [-0.25, -0.2) is 4.98 Å². The molecule has 0 saturated carbocycles. The number of aryl methyl sites for hydroxylation is 3. The van der Waals surface area contributed by atoms with E-state index in [1.54, 1.807) is 18.1 Å². The fraction of sp³-hybridized carbons (Fsp3) is 0.389. The van der Waals surface area contributed by atoms with E-state index in [9.17, 15) is 4.79 Å². The van der Waals surface area contributed by atoms with Crippen molar-refractivity contribution in [3.05, 3.63) is 46.5 Å². The molecule has 1 aromatic carbocycles. The Kier molecular flexibility index (Phi) is 4.13. The summed E-state index contributed by atoms with van der Waals surface area (Å²) in [5.74, 6) is 0.742. The zero-order valence-corrected chi connectivity index (χ0v) is 14.8. The Bertz CT molecular complexity index is 867. The van der Waals surface area contributed by atoms with Crippen LogP contribution in [0.5, 0.6) is 0 Å². The van der Waals surface area contributed by atoms with Crippen molar-refractivity contribution in [1.29, 1.82) is 0 Å². The summed E-state index contributed by atoms with van der Waals surface area (Å²) in [5.41, 5.74) is 5.91. The number of carbonyl (C=O) groups is 1. The second-order valence-corrected chi connectivity index (χ2v) is 6.26. The first-order chi connectivity index (χ1) is 11.4. The molecular weight excluding hydrogens is 302 g/mol. The van der Waals surface area contributed by atoms with Crippen LogP contribution in [0.3, 0.4) is 0 Å². The van der Waals surface area contributed by atoms with Crippen LogP contribution in [0.2, 0.25) is 0 Å². The van der Waals surface area contributed by atoms with E-state index in [4.69, 9.17) is 0 Å². The molecule has 24 heavy (non-hydrogen) atoms. The molecule has 2 heterocycles. The Labute approximate surface area is 141 Å².